The minimum Gasteiger partial charge on any atom is -0.321 e. The highest BCUT2D eigenvalue weighted by atomic mass is 35.5. The van der Waals surface area contributed by atoms with Crippen molar-refractivity contribution in [3.8, 4) is 0 Å². The molecule has 1 aromatic rings. The zero-order chi connectivity index (χ0) is 13.1. The fourth-order valence-corrected chi connectivity index (χ4v) is 1.75. The highest BCUT2D eigenvalue weighted by Gasteiger charge is 2.18. The maximum atomic E-state index is 11.9. The molecule has 0 fully saturated rings. The van der Waals surface area contributed by atoms with Crippen LogP contribution in [-0.2, 0) is 9.59 Å². The van der Waals surface area contributed by atoms with E-state index < -0.39 is 0 Å². The summed E-state index contributed by atoms with van der Waals surface area (Å²) in [5, 5.41) is 7.05. The van der Waals surface area contributed by atoms with Crippen molar-refractivity contribution < 1.29 is 9.59 Å². The molecule has 0 radical (unpaired) electrons. The number of nitrogens with one attached hydrogen (secondary N) is 2. The van der Waals surface area contributed by atoms with E-state index in [1.165, 1.54) is 0 Å². The van der Waals surface area contributed by atoms with Gasteiger partial charge in [-0.15, -0.1) is 0 Å². The van der Waals surface area contributed by atoms with E-state index in [9.17, 15) is 9.59 Å². The van der Waals surface area contributed by atoms with Crippen LogP contribution in [0.1, 0.15) is 18.4 Å². The molecule has 0 saturated heterocycles. The van der Waals surface area contributed by atoms with Gasteiger partial charge >= 0.3 is 0 Å². The Hall–Kier alpha value is -1.88. The molecule has 0 atom stereocenters. The lowest BCUT2D eigenvalue weighted by atomic mass is 10.1. The molecular weight excluding hydrogens is 254 g/mol. The molecule has 2 amide bonds. The molecule has 1 aromatic carbocycles. The smallest absolute Gasteiger partial charge is 0.271 e. The van der Waals surface area contributed by atoms with Gasteiger partial charge in [0.25, 0.3) is 5.91 Å². The van der Waals surface area contributed by atoms with Crippen LogP contribution in [0.25, 0.3) is 0 Å². The second-order valence-electron chi connectivity index (χ2n) is 3.96. The summed E-state index contributed by atoms with van der Waals surface area (Å²) in [5.74, 6) is -0.495. The van der Waals surface area contributed by atoms with Gasteiger partial charge in [0.15, 0.2) is 0 Å². The van der Waals surface area contributed by atoms with E-state index in [4.69, 9.17) is 11.6 Å². The number of halogens is 1. The van der Waals surface area contributed by atoms with Crippen molar-refractivity contribution in [3.05, 3.63) is 28.8 Å². The van der Waals surface area contributed by atoms with Crippen molar-refractivity contribution in [3.63, 3.8) is 0 Å². The summed E-state index contributed by atoms with van der Waals surface area (Å²) in [6.07, 6.45) is 0.623. The zero-order valence-electron chi connectivity index (χ0n) is 9.79. The summed E-state index contributed by atoms with van der Waals surface area (Å²) in [6, 6.07) is 5.28. The molecule has 0 aromatic heterocycles. The normalized spacial score (nSPS) is 14.8. The van der Waals surface area contributed by atoms with Crippen LogP contribution in [0.2, 0.25) is 5.02 Å². The molecule has 2 rings (SSSR count). The van der Waals surface area contributed by atoms with Gasteiger partial charge in [-0.25, -0.2) is 5.43 Å². The molecule has 0 saturated carbocycles. The molecule has 1 aliphatic rings. The van der Waals surface area contributed by atoms with Gasteiger partial charge in [-0.2, -0.15) is 5.10 Å². The maximum absolute atomic E-state index is 11.9. The molecular formula is C12H12ClN3O2. The summed E-state index contributed by atoms with van der Waals surface area (Å²) in [5.41, 5.74) is 4.05. The summed E-state index contributed by atoms with van der Waals surface area (Å²) in [4.78, 5) is 22.8. The number of benzene rings is 1. The third-order valence-electron chi connectivity index (χ3n) is 2.68. The average molecular weight is 266 g/mol. The largest absolute Gasteiger partial charge is 0.321 e. The van der Waals surface area contributed by atoms with Crippen LogP contribution in [0.15, 0.2) is 23.3 Å². The summed E-state index contributed by atoms with van der Waals surface area (Å²) in [7, 11) is 0. The molecule has 0 aliphatic carbocycles. The van der Waals surface area contributed by atoms with Gasteiger partial charge in [0.2, 0.25) is 5.91 Å². The van der Waals surface area contributed by atoms with Crippen LogP contribution in [0.4, 0.5) is 5.69 Å². The van der Waals surface area contributed by atoms with E-state index in [0.29, 0.717) is 22.8 Å². The monoisotopic (exact) mass is 265 g/mol. The summed E-state index contributed by atoms with van der Waals surface area (Å²) >= 11 is 5.96. The molecule has 18 heavy (non-hydrogen) atoms. The molecule has 0 unspecified atom stereocenters. The SMILES string of the molecule is Cc1c(Cl)cccc1NC(=O)C1=NNC(=O)CC1. The summed E-state index contributed by atoms with van der Waals surface area (Å²) < 4.78 is 0. The molecule has 5 nitrogen and oxygen atoms in total. The van der Waals surface area contributed by atoms with Crippen molar-refractivity contribution in [1.82, 2.24) is 5.43 Å². The van der Waals surface area contributed by atoms with Crippen molar-refractivity contribution in [2.45, 2.75) is 19.8 Å². The lowest BCUT2D eigenvalue weighted by molar-refractivity contribution is -0.121. The van der Waals surface area contributed by atoms with E-state index >= 15 is 0 Å². The van der Waals surface area contributed by atoms with E-state index in [1.807, 2.05) is 6.92 Å². The molecule has 94 valence electrons. The molecule has 2 N–H and O–H groups in total. The van der Waals surface area contributed by atoms with Crippen molar-refractivity contribution >= 4 is 34.8 Å². The number of amides is 2. The Morgan fingerprint density at radius 3 is 2.89 bits per heavy atom. The predicted molar refractivity (Wildman–Crippen MR) is 69.6 cm³/mol. The van der Waals surface area contributed by atoms with Gasteiger partial charge in [-0.1, -0.05) is 17.7 Å². The van der Waals surface area contributed by atoms with Crippen LogP contribution >= 0.6 is 11.6 Å². The Kier molecular flexibility index (Phi) is 3.62. The topological polar surface area (TPSA) is 70.6 Å². The Morgan fingerprint density at radius 2 is 2.22 bits per heavy atom. The summed E-state index contributed by atoms with van der Waals surface area (Å²) in [6.45, 7) is 1.82. The Morgan fingerprint density at radius 1 is 1.44 bits per heavy atom. The number of hydrogen-bond acceptors (Lipinski definition) is 3. The first kappa shape index (κ1) is 12.6. The van der Waals surface area contributed by atoms with Gasteiger partial charge in [0.1, 0.15) is 5.71 Å². The number of carbonyl (C=O) groups excluding carboxylic acids is 2. The third kappa shape index (κ3) is 2.68. The number of hydrogen-bond donors (Lipinski definition) is 2. The van der Waals surface area contributed by atoms with E-state index in [-0.39, 0.29) is 18.2 Å². The van der Waals surface area contributed by atoms with Crippen molar-refractivity contribution in [2.24, 2.45) is 5.10 Å². The van der Waals surface area contributed by atoms with Crippen LogP contribution in [-0.4, -0.2) is 17.5 Å². The second kappa shape index (κ2) is 5.18. The van der Waals surface area contributed by atoms with Gasteiger partial charge in [-0.3, -0.25) is 9.59 Å². The van der Waals surface area contributed by atoms with E-state index in [1.54, 1.807) is 18.2 Å². The second-order valence-corrected chi connectivity index (χ2v) is 4.37. The fourth-order valence-electron chi connectivity index (χ4n) is 1.58. The van der Waals surface area contributed by atoms with Crippen LogP contribution < -0.4 is 10.7 Å². The third-order valence-corrected chi connectivity index (χ3v) is 3.09. The lowest BCUT2D eigenvalue weighted by Gasteiger charge is -2.13. The number of hydrazone groups is 1. The molecule has 0 spiro atoms. The molecule has 1 aliphatic heterocycles. The van der Waals surface area contributed by atoms with Crippen molar-refractivity contribution in [1.29, 1.82) is 0 Å². The van der Waals surface area contributed by atoms with E-state index in [0.717, 1.165) is 5.56 Å². The number of nitrogens with zero attached hydrogens (tertiary/aromatic N) is 1. The molecule has 1 heterocycles. The fraction of sp³-hybridized carbons (Fsp3) is 0.250. The van der Waals surface area contributed by atoms with Crippen LogP contribution in [0, 0.1) is 6.92 Å². The van der Waals surface area contributed by atoms with Crippen LogP contribution in [0.5, 0.6) is 0 Å². The number of anilines is 1. The highest BCUT2D eigenvalue weighted by Crippen LogP contribution is 2.23. The number of rotatable bonds is 2. The van der Waals surface area contributed by atoms with E-state index in [2.05, 4.69) is 15.8 Å². The van der Waals surface area contributed by atoms with Crippen molar-refractivity contribution in [2.75, 3.05) is 5.32 Å². The molecule has 0 bridgehead atoms. The van der Waals surface area contributed by atoms with Crippen LogP contribution in [0.3, 0.4) is 0 Å². The first-order valence-electron chi connectivity index (χ1n) is 5.50. The Bertz CT molecular complexity index is 540. The Balaban J connectivity index is 2.12. The number of carbonyl (C=O) groups is 2. The predicted octanol–water partition coefficient (Wildman–Crippen LogP) is 1.85. The lowest BCUT2D eigenvalue weighted by Crippen LogP contribution is -2.32. The first-order chi connectivity index (χ1) is 8.58. The van der Waals surface area contributed by atoms with Gasteiger partial charge in [-0.05, 0) is 24.6 Å². The van der Waals surface area contributed by atoms with Gasteiger partial charge < -0.3 is 5.32 Å². The highest BCUT2D eigenvalue weighted by molar-refractivity contribution is 6.43. The minimum atomic E-state index is -0.319. The maximum Gasteiger partial charge on any atom is 0.271 e. The van der Waals surface area contributed by atoms with Gasteiger partial charge in [0, 0.05) is 23.6 Å². The quantitative estimate of drug-likeness (QED) is 0.857. The van der Waals surface area contributed by atoms with Gasteiger partial charge in [0.05, 0.1) is 0 Å². The molecule has 6 heteroatoms. The first-order valence-corrected chi connectivity index (χ1v) is 5.87. The Labute approximate surface area is 109 Å². The minimum absolute atomic E-state index is 0.175. The average Bonchev–Trinajstić information content (AvgIpc) is 2.36. The standard InChI is InChI=1S/C12H12ClN3O2/c1-7-8(13)3-2-4-9(7)14-12(18)10-5-6-11(17)16-15-10/h2-4H,5-6H2,1H3,(H,14,18)(H,16,17). The zero-order valence-corrected chi connectivity index (χ0v) is 10.5.